The number of aromatic carboxylic acids is 1. The van der Waals surface area contributed by atoms with Gasteiger partial charge in [0.15, 0.2) is 39.3 Å². The second-order valence-corrected chi connectivity index (χ2v) is 60.0. The highest BCUT2D eigenvalue weighted by molar-refractivity contribution is 7.92. The van der Waals surface area contributed by atoms with Crippen LogP contribution in [0.1, 0.15) is 354 Å². The zero-order valence-electron chi connectivity index (χ0n) is 89.8. The van der Waals surface area contributed by atoms with Crippen molar-refractivity contribution in [2.24, 2.45) is 114 Å². The fourth-order valence-corrected chi connectivity index (χ4v) is 43.9. The maximum absolute atomic E-state index is 13.8. The van der Waals surface area contributed by atoms with Gasteiger partial charge >= 0.3 is 29.8 Å². The lowest BCUT2D eigenvalue weighted by atomic mass is 9.43. The number of carbonyl (C=O) groups excluding carboxylic acids is 5. The van der Waals surface area contributed by atoms with E-state index in [9.17, 15) is 108 Å². The normalized spacial score (nSPS) is 34.6. The Morgan fingerprint density at radius 2 is 0.510 bits per heavy atom. The Morgan fingerprint density at radius 3 is 0.735 bits per heavy atom. The van der Waals surface area contributed by atoms with Gasteiger partial charge in [0, 0.05) is 99.9 Å². The third-order valence-corrected chi connectivity index (χ3v) is 49.2. The molecule has 0 bridgehead atoms. The Balaban J connectivity index is 0.000000136. The number of phenols is 4. The van der Waals surface area contributed by atoms with Crippen molar-refractivity contribution in [1.29, 1.82) is 0 Å². The predicted molar refractivity (Wildman–Crippen MR) is 556 cm³/mol. The van der Waals surface area contributed by atoms with E-state index >= 15 is 0 Å². The summed E-state index contributed by atoms with van der Waals surface area (Å²) in [6.45, 7) is 39.9. The number of hydrogen-bond acceptors (Lipinski definition) is 23. The number of esters is 2. The highest BCUT2D eigenvalue weighted by atomic mass is 32.2. The van der Waals surface area contributed by atoms with E-state index in [0.29, 0.717) is 124 Å². The highest BCUT2D eigenvalue weighted by Crippen LogP contribution is 2.73. The van der Waals surface area contributed by atoms with Crippen LogP contribution < -0.4 is 5.32 Å². The Morgan fingerprint density at radius 1 is 0.293 bits per heavy atom. The minimum Gasteiger partial charge on any atom is -0.508 e. The number of sulfone groups is 4. The number of carboxylic acid groups (broad SMARTS) is 3. The molecule has 147 heavy (non-hydrogen) atoms. The molecule has 0 radical (unpaired) electrons. The van der Waals surface area contributed by atoms with Crippen LogP contribution in [0.2, 0.25) is 0 Å². The summed E-state index contributed by atoms with van der Waals surface area (Å²) in [7, 11) is -12.0. The van der Waals surface area contributed by atoms with E-state index in [1.54, 1.807) is 14.7 Å². The monoisotopic (exact) mass is 2120 g/mol. The number of rotatable bonds is 8. The Labute approximate surface area is 870 Å². The van der Waals surface area contributed by atoms with E-state index in [4.69, 9.17) is 4.74 Å². The summed E-state index contributed by atoms with van der Waals surface area (Å²) in [4.78, 5) is 102. The van der Waals surface area contributed by atoms with Gasteiger partial charge in [-0.15, -0.1) is 0 Å². The number of nitrogens with zero attached hydrogens (tertiary/aromatic N) is 3. The van der Waals surface area contributed by atoms with Crippen LogP contribution in [0.3, 0.4) is 0 Å². The summed E-state index contributed by atoms with van der Waals surface area (Å²) in [5.74, 6) is -4.22. The van der Waals surface area contributed by atoms with Crippen LogP contribution in [-0.2, 0) is 89.7 Å². The molecule has 4 saturated heterocycles. The molecule has 8 heterocycles. The second-order valence-electron chi connectivity index (χ2n) is 52.0. The minimum absolute atomic E-state index is 0.0146. The molecule has 812 valence electrons. The van der Waals surface area contributed by atoms with E-state index in [-0.39, 0.29) is 196 Å². The molecule has 8 N–H and O–H groups in total. The van der Waals surface area contributed by atoms with Gasteiger partial charge in [0.2, 0.25) is 0 Å². The molecule has 20 rings (SSSR count). The summed E-state index contributed by atoms with van der Waals surface area (Å²) >= 11 is 0. The number of phenolic OH excluding ortho intramolecular Hbond substituents is 4. The number of carbonyl (C=O) groups is 8. The second kappa shape index (κ2) is 39.3. The molecule has 8 saturated carbocycles. The van der Waals surface area contributed by atoms with E-state index in [0.717, 1.165) is 154 Å². The molecule has 8 aliphatic carbocycles. The number of carboxylic acids is 3. The van der Waals surface area contributed by atoms with Gasteiger partial charge < -0.3 is 65.2 Å². The number of benzene rings is 4. The first-order chi connectivity index (χ1) is 68.3. The average molecular weight is 2120 g/mol. The van der Waals surface area contributed by atoms with Gasteiger partial charge in [0.25, 0.3) is 17.7 Å². The first kappa shape index (κ1) is 111. The number of methoxy groups -OCH3 is 2. The summed E-state index contributed by atoms with van der Waals surface area (Å²) in [5, 5.41) is 75.7. The van der Waals surface area contributed by atoms with Gasteiger partial charge in [-0.05, 0) is 306 Å². The zero-order valence-corrected chi connectivity index (χ0v) is 93.1. The number of piperidine rings is 4. The summed E-state index contributed by atoms with van der Waals surface area (Å²) in [6, 6.07) is 11.2. The highest BCUT2D eigenvalue weighted by Gasteiger charge is 2.69. The van der Waals surface area contributed by atoms with Crippen LogP contribution in [-0.4, -0.2) is 221 Å². The number of likely N-dealkylation sites (tertiary alicyclic amines) is 3. The first-order valence-corrected chi connectivity index (χ1v) is 60.8. The lowest BCUT2D eigenvalue weighted by Crippen LogP contribution is -2.59. The number of nitrogens with one attached hydrogen (secondary N) is 1. The number of fused-ring (bicyclic) bond motifs is 20. The molecule has 8 aliphatic heterocycles. The van der Waals surface area contributed by atoms with Crippen molar-refractivity contribution in [3.63, 3.8) is 0 Å². The van der Waals surface area contributed by atoms with Gasteiger partial charge in [-0.2, -0.15) is 0 Å². The number of amides is 3. The lowest BCUT2D eigenvalue weighted by Gasteiger charge is -2.63. The van der Waals surface area contributed by atoms with E-state index < -0.39 is 90.8 Å². The van der Waals surface area contributed by atoms with Crippen LogP contribution in [0.4, 0.5) is 0 Å². The number of hydrogen-bond donors (Lipinski definition) is 8. The molecule has 16 atom stereocenters. The predicted octanol–water partition coefficient (Wildman–Crippen LogP) is 18.5. The molecule has 3 amide bonds. The van der Waals surface area contributed by atoms with Crippen LogP contribution in [0, 0.1) is 114 Å². The van der Waals surface area contributed by atoms with Crippen LogP contribution in [0.25, 0.3) is 0 Å². The molecule has 4 aromatic rings. The first-order valence-electron chi connectivity index (χ1n) is 54.2. The van der Waals surface area contributed by atoms with Crippen molar-refractivity contribution < 1.29 is 117 Å². The minimum atomic E-state index is -3.71. The quantitative estimate of drug-likeness (QED) is 0.0760. The van der Waals surface area contributed by atoms with Crippen LogP contribution in [0.15, 0.2) is 68.1 Å². The number of aromatic hydroxyl groups is 4. The number of ether oxygens (including phenoxy) is 2. The van der Waals surface area contributed by atoms with Gasteiger partial charge in [0.1, 0.15) is 23.0 Å². The van der Waals surface area contributed by atoms with E-state index in [1.165, 1.54) is 62.8 Å². The van der Waals surface area contributed by atoms with Gasteiger partial charge in [-0.25, -0.2) is 38.5 Å². The Bertz CT molecular complexity index is 6190. The topological polar surface area (TPSA) is 455 Å². The molecular weight excluding hydrogens is 1950 g/mol. The van der Waals surface area contributed by atoms with Crippen molar-refractivity contribution in [3.8, 4) is 23.0 Å². The molecular formula is C114H162N4O25S4. The van der Waals surface area contributed by atoms with Crippen molar-refractivity contribution in [2.75, 3.05) is 89.6 Å². The molecule has 0 aromatic heterocycles. The van der Waals surface area contributed by atoms with Crippen LogP contribution >= 0.6 is 0 Å². The molecule has 16 aliphatic rings. The Kier molecular flexibility index (Phi) is 29.7. The summed E-state index contributed by atoms with van der Waals surface area (Å²) in [6.07, 6.45) is 24.5. The lowest BCUT2D eigenvalue weighted by molar-refractivity contribution is -0.147. The smallest absolute Gasteiger partial charge is 0.335 e. The largest absolute Gasteiger partial charge is 0.508 e. The van der Waals surface area contributed by atoms with Gasteiger partial charge in [-0.1, -0.05) is 136 Å². The number of aliphatic carboxylic acids is 2. The Hall–Kier alpha value is -8.40. The fraction of sp³-hybridized carbons (Fsp3) is 0.719. The molecule has 29 nitrogen and oxygen atoms in total. The van der Waals surface area contributed by atoms with Gasteiger partial charge in [0.05, 0.1) is 86.0 Å². The van der Waals surface area contributed by atoms with Crippen LogP contribution in [0.5, 0.6) is 23.0 Å². The molecule has 33 heteroatoms. The van der Waals surface area contributed by atoms with Gasteiger partial charge in [-0.3, -0.25) is 33.6 Å². The fourth-order valence-electron chi connectivity index (χ4n) is 34.6. The molecule has 4 aromatic carbocycles. The third kappa shape index (κ3) is 19.3. The maximum atomic E-state index is 13.8. The SMILES string of the molecule is CC1(C)CCC[C@]2(C)[C@H]3CS(=O)(=O)c4cc(C(=O)N5CCC(C(=O)O)CC5)cc(O)c4[C@]3(C)CC[C@@H]12.CC1(C)CCC[C@]2(C)[C@H]3CS(=O)(=O)c4cc(C(=O)N5CCC(C(=O)O)CC5)cc(O)c4[C@]3(C)CC[C@@H]12.CC1(C)CCC[C@]2(C)[C@H]3CS(=O)(=O)c4cc(C(=O)O)cc(O)c4[C@]3(C)CC[C@@H]12.COC(=O)C1CCN(C(=O)c2cc(O)c3c(c2)S(=O)(=O)C[C@@H]2[C@@]4(C)CCCC(C)(C)[C@@H]4CC[C@@]32C)CC1.COC(=O)C1CCNCC1. The molecule has 12 fully saturated rings. The van der Waals surface area contributed by atoms with Crippen molar-refractivity contribution >= 4 is 86.9 Å². The van der Waals surface area contributed by atoms with Crippen molar-refractivity contribution in [1.82, 2.24) is 20.0 Å². The average Bonchev–Trinajstić information content (AvgIpc) is 0.699. The summed E-state index contributed by atoms with van der Waals surface area (Å²) in [5.41, 5.74) is 0.508. The van der Waals surface area contributed by atoms with Crippen molar-refractivity contribution in [3.05, 3.63) is 93.0 Å². The maximum Gasteiger partial charge on any atom is 0.335 e. The van der Waals surface area contributed by atoms with Crippen molar-refractivity contribution in [2.45, 2.75) is 332 Å². The molecule has 0 unspecified atom stereocenters. The van der Waals surface area contributed by atoms with E-state index in [1.807, 2.05) is 0 Å². The zero-order chi connectivity index (χ0) is 108. The third-order valence-electron chi connectivity index (χ3n) is 42.1. The summed E-state index contributed by atoms with van der Waals surface area (Å²) < 4.78 is 119. The molecule has 0 spiro atoms. The van der Waals surface area contributed by atoms with E-state index in [2.05, 4.69) is 121 Å². The standard InChI is InChI=1S/C29H41NO6S.2C28H39NO6S.C22H30O5S.C7H13NO2/c1-27(2)10-6-11-28(3)22(27)7-12-29(4)23(28)17-37(34,35)21-16-19(15-20(31)24(21)29)25(32)30-13-8-18(9-14-30)26(33)36-5;2*1-26(2)9-5-10-27(3)21(26)6-11-28(4)22(27)16-36(34,35)20-15-18(14-19(30)23(20)28)24(31)29-12-7-17(8-13-29)25(32)33;1-20(2)7-5-8-21(3)16(20)6-9-22(4)17(21)12-28(26,27)15-11-13(19(24)25)10-14(23)18(15)22;1-10-7(9)6-2-4-8-5-3-6/h15-16,18,22-23,31H,6-14,17H2,1-5H3;2*14-15,17,21-22,30H,5-13,16H2,1-4H3,(H,32,33);10-11,16-17,23H,5-9,12H2,1-4H3,(H,24,25);6,8H,2-5H2,1H3/t22-,23+,28-,29+;2*21-,22+,27-,28+;16-,17+,21-,22+;/m0000./s1.